The summed E-state index contributed by atoms with van der Waals surface area (Å²) < 4.78 is 130. The second-order valence-corrected chi connectivity index (χ2v) is 28.8. The molecule has 0 spiro atoms. The summed E-state index contributed by atoms with van der Waals surface area (Å²) in [4.78, 5) is 46.1. The van der Waals surface area contributed by atoms with E-state index in [4.69, 9.17) is 47.4 Å². The van der Waals surface area contributed by atoms with E-state index in [2.05, 4.69) is 94.9 Å². The van der Waals surface area contributed by atoms with Gasteiger partial charge in [-0.05, 0) is 168 Å². The third-order valence-electron chi connectivity index (χ3n) is 14.0. The summed E-state index contributed by atoms with van der Waals surface area (Å²) in [6.45, 7) is 18.7. The van der Waals surface area contributed by atoms with E-state index in [1.807, 2.05) is 95.3 Å². The highest BCUT2D eigenvalue weighted by atomic mass is 36.0. The van der Waals surface area contributed by atoms with Gasteiger partial charge in [0.25, 0.3) is 5.24 Å². The van der Waals surface area contributed by atoms with Crippen molar-refractivity contribution in [3.8, 4) is 46.0 Å². The molecule has 0 heterocycles. The Labute approximate surface area is 721 Å². The van der Waals surface area contributed by atoms with Gasteiger partial charge >= 0.3 is 5.97 Å². The number of benzene rings is 8. The van der Waals surface area contributed by atoms with Crippen LogP contribution in [0.5, 0.6) is 46.0 Å². The van der Waals surface area contributed by atoms with Crippen LogP contribution in [0.1, 0.15) is 170 Å². The number of carbonyl (C=O) groups is 4. The molecule has 36 heteroatoms. The van der Waals surface area contributed by atoms with Gasteiger partial charge in [0.1, 0.15) is 23.0 Å². The van der Waals surface area contributed by atoms with Crippen LogP contribution in [0, 0.1) is 7.43 Å². The van der Waals surface area contributed by atoms with Crippen LogP contribution in [0.3, 0.4) is 0 Å². The second-order valence-electron chi connectivity index (χ2n) is 22.4. The zero-order valence-corrected chi connectivity index (χ0v) is 71.4. The van der Waals surface area contributed by atoms with E-state index < -0.39 is 75.7 Å². The number of ether oxygens (including phenoxy) is 4. The Bertz CT molecular complexity index is 3830. The first kappa shape index (κ1) is 111. The van der Waals surface area contributed by atoms with Crippen LogP contribution >= 0.6 is 45.6 Å². The molecule has 0 aromatic heterocycles. The molecule has 0 aliphatic heterocycles. The smallest absolute Gasteiger partial charge is 0.335 e. The standard InChI is InChI=1S/C17H19ClN2O4S.C17H20N2O5S.2C17H20N2O4S2.2C4H8.3CH4.CH3.Cl2OS/c1-2-3-9-19-14-10-12(17(18)21)11-15(20-25(22)23)16(14)24-13-7-5-4-6-8-13;1-2-3-9-18-14-10-12(17(20)21)11-15(19-25(22)23)16(14)24-13-7-5-4-6-8-13;2*1-2-3-9-18-14-10-12(17(20)24)11-15(19-25(21)22)16(14)23-13-7-5-4-6-8-13;2*1-3-4-2;;;;;1-4(2)3/h4-8,10-11,19-20H,2-3,9H2,1H3,(H,22,23);4-8,10-11,18-19H,2-3,9H2,1H3,(H,20,21)(H,22,23);2*4-8,10-11,18-19H,2-3,9H2,1H3,(H,20,24)(H,21,22);2*3-4H,1-2H3;3*1H4;1H3;/q;;;;;;;;;+1;/p-5. The molecule has 4 unspecified atom stereocenters. The fraction of sp³-hybridized carbons (Fsp3) is 0.287. The van der Waals surface area contributed by atoms with Gasteiger partial charge in [0.2, 0.25) is 14.3 Å². The maximum Gasteiger partial charge on any atom is 0.335 e. The van der Waals surface area contributed by atoms with Gasteiger partial charge in [0.15, 0.2) is 23.0 Å². The van der Waals surface area contributed by atoms with Crippen molar-refractivity contribution in [1.29, 1.82) is 0 Å². The van der Waals surface area contributed by atoms with Crippen LogP contribution in [-0.2, 0) is 66.9 Å². The summed E-state index contributed by atoms with van der Waals surface area (Å²) in [5, 5.41) is 20.2. The summed E-state index contributed by atoms with van der Waals surface area (Å²) in [7, 11) is 7.36. The number of carbonyl (C=O) groups excluding carboxylic acids is 3. The highest BCUT2D eigenvalue weighted by Gasteiger charge is 2.21. The van der Waals surface area contributed by atoms with E-state index in [-0.39, 0.29) is 92.0 Å². The molecule has 26 nitrogen and oxygen atoms in total. The average Bonchev–Trinajstić information content (AvgIpc) is 0.829. The Balaban J connectivity index is -0.00000138. The first-order valence-corrected chi connectivity index (χ1v) is 42.7. The van der Waals surface area contributed by atoms with Crippen LogP contribution in [-0.4, -0.2) is 92.0 Å². The minimum atomic E-state index is -2.62. The molecule has 0 fully saturated rings. The predicted molar refractivity (Wildman–Crippen MR) is 485 cm³/mol. The number of thiol groups is 1. The molecule has 8 aromatic carbocycles. The molecule has 8 aromatic rings. The summed E-state index contributed by atoms with van der Waals surface area (Å²) >= 11 is 3.74. The zero-order chi connectivity index (χ0) is 83.3. The molecule has 0 amide bonds. The molecule has 0 aliphatic rings. The van der Waals surface area contributed by atoms with Crippen molar-refractivity contribution in [2.24, 2.45) is 0 Å². The van der Waals surface area contributed by atoms with Crippen LogP contribution in [0.2, 0.25) is 0 Å². The van der Waals surface area contributed by atoms with Gasteiger partial charge in [0, 0.05) is 116 Å². The number of allylic oxidation sites excluding steroid dienone is 4. The summed E-state index contributed by atoms with van der Waals surface area (Å²) in [6.07, 6.45) is 15.5. The van der Waals surface area contributed by atoms with E-state index >= 15 is 0 Å². The average molecular weight is 1800 g/mol. The number of nitrogens with one attached hydrogen (secondary N) is 8. The van der Waals surface area contributed by atoms with E-state index in [0.29, 0.717) is 77.7 Å². The van der Waals surface area contributed by atoms with Crippen molar-refractivity contribution in [2.45, 2.75) is 129 Å². The highest BCUT2D eigenvalue weighted by molar-refractivity contribution is 8.26. The normalized spacial score (nSPS) is 11.0. The Morgan fingerprint density at radius 3 is 0.819 bits per heavy atom. The molecule has 0 saturated heterocycles. The molecule has 640 valence electrons. The molecule has 0 aliphatic carbocycles. The number of carboxylic acids is 1. The number of hydrogen-bond acceptors (Lipinski definition) is 22. The van der Waals surface area contributed by atoms with E-state index in [1.165, 1.54) is 30.3 Å². The number of hydrogen-bond donors (Lipinski definition) is 10. The van der Waals surface area contributed by atoms with Gasteiger partial charge in [-0.3, -0.25) is 26.4 Å². The molecule has 4 atom stereocenters. The number of anilines is 8. The Morgan fingerprint density at radius 1 is 0.405 bits per heavy atom. The maximum atomic E-state index is 11.6. The van der Waals surface area contributed by atoms with Crippen LogP contribution in [0.4, 0.5) is 45.5 Å². The largest absolute Gasteiger partial charge is 0.755 e. The van der Waals surface area contributed by atoms with Crippen molar-refractivity contribution in [1.82, 2.24) is 0 Å². The van der Waals surface area contributed by atoms with Crippen molar-refractivity contribution in [3.63, 3.8) is 0 Å². The minimum absolute atomic E-state index is 0. The summed E-state index contributed by atoms with van der Waals surface area (Å²) in [5.74, 6) is 2.03. The lowest BCUT2D eigenvalue weighted by atomic mass is 10.1. The second kappa shape index (κ2) is 65.3. The van der Waals surface area contributed by atoms with Crippen molar-refractivity contribution in [3.05, 3.63) is 224 Å². The highest BCUT2D eigenvalue weighted by Crippen LogP contribution is 2.43. The van der Waals surface area contributed by atoms with Gasteiger partial charge in [-0.15, -0.1) is 12.6 Å². The van der Waals surface area contributed by atoms with Crippen molar-refractivity contribution < 1.29 is 82.5 Å². The molecule has 0 bridgehead atoms. The number of unbranched alkanes of at least 4 members (excludes halogenated alkanes) is 4. The number of aromatic carboxylic acids is 1. The number of para-hydroxylation sites is 4. The van der Waals surface area contributed by atoms with Crippen molar-refractivity contribution in [2.75, 3.05) is 66.3 Å². The van der Waals surface area contributed by atoms with E-state index in [1.54, 1.807) is 103 Å². The lowest BCUT2D eigenvalue weighted by molar-refractivity contribution is 0.0696. The SMILES string of the molecule is C.C.C.CC=CC.CC=CC.CCCCNc1cc(C(=O)Cl)cc(NS(=O)[O-])c1Oc1ccccc1.CCCCNc1cc(C(=O)O)cc(NS(=O)[O-])c1Oc1ccccc1.CCCCNc1cc(C(=O)S)cc(NS(=O)[O-])c1Oc1ccccc1.CCCCNc1cc(C(=O)[S-])cc(NS(=O)[O-])c1Oc1ccccc1.O=S(Cl)Cl.[CH3+]. The van der Waals surface area contributed by atoms with Gasteiger partial charge in [-0.2, -0.15) is 0 Å². The van der Waals surface area contributed by atoms with Crippen LogP contribution < -0.4 is 59.1 Å². The van der Waals surface area contributed by atoms with Crippen LogP contribution in [0.15, 0.2) is 194 Å². The quantitative estimate of drug-likeness (QED) is 0.00332. The summed E-state index contributed by atoms with van der Waals surface area (Å²) in [6, 6.07) is 47.2. The zero-order valence-electron chi connectivity index (χ0n) is 63.4. The Hall–Kier alpha value is -8.78. The van der Waals surface area contributed by atoms with Gasteiger partial charge < -0.3 is 99.8 Å². The Morgan fingerprint density at radius 2 is 0.612 bits per heavy atom. The summed E-state index contributed by atoms with van der Waals surface area (Å²) in [5.41, 5.74) is 2.98. The minimum Gasteiger partial charge on any atom is -0.755 e. The van der Waals surface area contributed by atoms with Crippen LogP contribution in [0.25, 0.3) is 0 Å². The molecule has 116 heavy (non-hydrogen) atoms. The number of carboxylic acid groups (broad SMARTS) is 1. The van der Waals surface area contributed by atoms with E-state index in [9.17, 15) is 59.3 Å². The van der Waals surface area contributed by atoms with Crippen molar-refractivity contribution >= 4 is 179 Å². The Kier molecular flexibility index (Phi) is 62.7. The number of halogens is 3. The molecule has 0 radical (unpaired) electrons. The monoisotopic (exact) mass is 1790 g/mol. The van der Waals surface area contributed by atoms with E-state index in [0.717, 1.165) is 51.4 Å². The number of rotatable bonds is 36. The third kappa shape index (κ3) is 46.2. The predicted octanol–water partition coefficient (Wildman–Crippen LogP) is 22.0. The van der Waals surface area contributed by atoms with Gasteiger partial charge in [0.05, 0.1) is 51.1 Å². The maximum absolute atomic E-state index is 11.6. The lowest BCUT2D eigenvalue weighted by Gasteiger charge is -2.20. The topological polar surface area (TPSA) is 399 Å². The first-order chi connectivity index (χ1) is 53.6. The molecule has 9 N–H and O–H groups in total. The fourth-order valence-electron chi connectivity index (χ4n) is 8.65. The molecule has 0 saturated carbocycles. The first-order valence-electron chi connectivity index (χ1n) is 34.4. The lowest BCUT2D eigenvalue weighted by Crippen LogP contribution is -2.10. The molecular formula is C80H105Cl3N8O18S7-4. The van der Waals surface area contributed by atoms with Gasteiger partial charge in [-0.25, -0.2) is 9.00 Å². The third-order valence-corrected chi connectivity index (χ3v) is 16.2. The molecule has 8 rings (SSSR count). The fourth-order valence-corrected chi connectivity index (χ4v) is 10.3. The molecular weight excluding hydrogens is 1690 g/mol. The van der Waals surface area contributed by atoms with Gasteiger partial charge in [-0.1, -0.05) is 173 Å².